The van der Waals surface area contributed by atoms with Gasteiger partial charge in [0.2, 0.25) is 0 Å². The number of hydrogen-bond donors (Lipinski definition) is 0. The quantitative estimate of drug-likeness (QED) is 0.249. The smallest absolute Gasteiger partial charge is 0.317 e. The number of furan rings is 1. The fourth-order valence-electron chi connectivity index (χ4n) is 5.28. The number of aryl methyl sites for hydroxylation is 3. The number of carbonyl (C=O) groups excluding carboxylic acids is 1. The van der Waals surface area contributed by atoms with Crippen LogP contribution in [0.1, 0.15) is 51.6 Å². The molecule has 0 bridgehead atoms. The van der Waals surface area contributed by atoms with Crippen molar-refractivity contribution in [1.82, 2.24) is 4.98 Å². The van der Waals surface area contributed by atoms with E-state index in [-0.39, 0.29) is 11.7 Å². The summed E-state index contributed by atoms with van der Waals surface area (Å²) in [6.07, 6.45) is 2.75. The van der Waals surface area contributed by atoms with Gasteiger partial charge in [0.05, 0.1) is 16.5 Å². The molecule has 0 fully saturated rings. The lowest BCUT2D eigenvalue weighted by atomic mass is 9.89. The Kier molecular flexibility index (Phi) is 5.37. The third-order valence-electron chi connectivity index (χ3n) is 7.10. The molecule has 0 spiro atoms. The summed E-state index contributed by atoms with van der Waals surface area (Å²) < 4.78 is 12.7. The van der Waals surface area contributed by atoms with E-state index in [4.69, 9.17) is 14.1 Å². The Hall–Kier alpha value is -4.32. The molecule has 6 heteroatoms. The predicted octanol–water partition coefficient (Wildman–Crippen LogP) is 7.63. The molecule has 0 aliphatic heterocycles. The van der Waals surface area contributed by atoms with Crippen LogP contribution < -0.4 is 4.74 Å². The van der Waals surface area contributed by atoms with Crippen molar-refractivity contribution >= 4 is 27.8 Å². The molecule has 1 aliphatic rings. The molecule has 0 radical (unpaired) electrons. The first-order valence-electron chi connectivity index (χ1n) is 12.1. The van der Waals surface area contributed by atoms with Gasteiger partial charge in [-0.05, 0) is 68.0 Å². The van der Waals surface area contributed by atoms with Crippen LogP contribution in [0.4, 0.5) is 0 Å². The van der Waals surface area contributed by atoms with Crippen molar-refractivity contribution in [1.29, 1.82) is 0 Å². The number of benzene rings is 3. The minimum atomic E-state index is -0.864. The Labute approximate surface area is 207 Å². The Bertz CT molecular complexity index is 1670. The van der Waals surface area contributed by atoms with Crippen molar-refractivity contribution in [2.75, 3.05) is 0 Å². The van der Waals surface area contributed by atoms with Gasteiger partial charge < -0.3 is 9.15 Å². The monoisotopic (exact) mass is 476 g/mol. The SMILES string of the molecule is Cc1c(-c2cc(C(=O)N=O)c3c(O[C@@H]4CCCc5ccccc54)ccc(C)c3n2)oc2ccccc12. The molecule has 2 heterocycles. The standard InChI is InChI=1S/C30H24N2O4/c1-17-14-15-26(35-25-13-7-9-19-8-3-4-11-21(19)25)27-22(30(33)32-34)16-23(31-28(17)27)29-18(2)20-10-5-6-12-24(20)36-29/h3-6,8,10-12,14-16,25H,7,9,13H2,1-2H3/t25-/m1/s1. The normalized spacial score (nSPS) is 15.1. The number of nitroso groups, excluding NO2 is 1. The van der Waals surface area contributed by atoms with Crippen LogP contribution in [0, 0.1) is 18.8 Å². The minimum Gasteiger partial charge on any atom is -0.485 e. The van der Waals surface area contributed by atoms with Gasteiger partial charge >= 0.3 is 5.91 Å². The molecular weight excluding hydrogens is 452 g/mol. The molecule has 1 amide bonds. The largest absolute Gasteiger partial charge is 0.485 e. The highest BCUT2D eigenvalue weighted by Gasteiger charge is 2.26. The highest BCUT2D eigenvalue weighted by Crippen LogP contribution is 2.40. The third-order valence-corrected chi connectivity index (χ3v) is 7.10. The molecule has 6 nitrogen and oxygen atoms in total. The van der Waals surface area contributed by atoms with Crippen LogP contribution >= 0.6 is 0 Å². The van der Waals surface area contributed by atoms with E-state index in [0.29, 0.717) is 28.1 Å². The number of amides is 1. The van der Waals surface area contributed by atoms with Crippen molar-refractivity contribution < 1.29 is 13.9 Å². The summed E-state index contributed by atoms with van der Waals surface area (Å²) in [5, 5.41) is 4.23. The average Bonchev–Trinajstić information content (AvgIpc) is 3.26. The van der Waals surface area contributed by atoms with Crippen LogP contribution in [0.3, 0.4) is 0 Å². The molecule has 5 aromatic rings. The van der Waals surface area contributed by atoms with E-state index in [1.807, 2.05) is 62.4 Å². The maximum Gasteiger partial charge on any atom is 0.317 e. The van der Waals surface area contributed by atoms with Crippen LogP contribution in [0.5, 0.6) is 5.75 Å². The number of para-hydroxylation sites is 1. The number of pyridine rings is 1. The lowest BCUT2D eigenvalue weighted by molar-refractivity contribution is 0.100. The molecule has 0 unspecified atom stereocenters. The number of hydrogen-bond acceptors (Lipinski definition) is 5. The maximum absolute atomic E-state index is 12.8. The van der Waals surface area contributed by atoms with E-state index >= 15 is 0 Å². The summed E-state index contributed by atoms with van der Waals surface area (Å²) >= 11 is 0. The molecule has 1 atom stereocenters. The van der Waals surface area contributed by atoms with E-state index in [9.17, 15) is 9.70 Å². The number of aromatic nitrogens is 1. The number of rotatable bonds is 4. The van der Waals surface area contributed by atoms with Crippen LogP contribution in [0.2, 0.25) is 0 Å². The summed E-state index contributed by atoms with van der Waals surface area (Å²) in [4.78, 5) is 29.2. The zero-order valence-electron chi connectivity index (χ0n) is 20.1. The molecule has 0 saturated carbocycles. The molecule has 2 aromatic heterocycles. The summed E-state index contributed by atoms with van der Waals surface area (Å²) in [6, 6.07) is 21.4. The van der Waals surface area contributed by atoms with Gasteiger partial charge in [0.15, 0.2) is 5.76 Å². The lowest BCUT2D eigenvalue weighted by Gasteiger charge is -2.27. The fraction of sp³-hybridized carbons (Fsp3) is 0.200. The number of nitrogens with zero attached hydrogens (tertiary/aromatic N) is 2. The van der Waals surface area contributed by atoms with Gasteiger partial charge in [-0.2, -0.15) is 0 Å². The first-order chi connectivity index (χ1) is 17.5. The van der Waals surface area contributed by atoms with Crippen LogP contribution in [0.15, 0.2) is 76.3 Å². The fourth-order valence-corrected chi connectivity index (χ4v) is 5.28. The van der Waals surface area contributed by atoms with Gasteiger partial charge in [-0.1, -0.05) is 48.5 Å². The molecule has 0 saturated heterocycles. The second-order valence-electron chi connectivity index (χ2n) is 9.31. The van der Waals surface area contributed by atoms with Crippen molar-refractivity contribution in [2.45, 2.75) is 39.2 Å². The minimum absolute atomic E-state index is 0.148. The van der Waals surface area contributed by atoms with Crippen molar-refractivity contribution in [3.05, 3.63) is 99.5 Å². The van der Waals surface area contributed by atoms with Gasteiger partial charge in [-0.15, -0.1) is 4.91 Å². The van der Waals surface area contributed by atoms with E-state index in [0.717, 1.165) is 46.9 Å². The Morgan fingerprint density at radius 2 is 1.86 bits per heavy atom. The van der Waals surface area contributed by atoms with Crippen LogP contribution in [-0.4, -0.2) is 10.9 Å². The van der Waals surface area contributed by atoms with E-state index in [2.05, 4.69) is 17.3 Å². The van der Waals surface area contributed by atoms with E-state index in [1.54, 1.807) is 6.07 Å². The van der Waals surface area contributed by atoms with Crippen LogP contribution in [0.25, 0.3) is 33.3 Å². The predicted molar refractivity (Wildman–Crippen MR) is 139 cm³/mol. The average molecular weight is 477 g/mol. The van der Waals surface area contributed by atoms with Crippen molar-refractivity contribution in [3.8, 4) is 17.2 Å². The summed E-state index contributed by atoms with van der Waals surface area (Å²) in [5.74, 6) is 0.214. The highest BCUT2D eigenvalue weighted by atomic mass is 16.5. The van der Waals surface area contributed by atoms with E-state index < -0.39 is 5.91 Å². The zero-order valence-corrected chi connectivity index (χ0v) is 20.1. The van der Waals surface area contributed by atoms with Gasteiger partial charge in [0.1, 0.15) is 23.1 Å². The van der Waals surface area contributed by atoms with Crippen molar-refractivity contribution in [2.24, 2.45) is 5.18 Å². The topological polar surface area (TPSA) is 81.8 Å². The maximum atomic E-state index is 12.8. The molecule has 36 heavy (non-hydrogen) atoms. The second kappa shape index (κ2) is 8.72. The van der Waals surface area contributed by atoms with E-state index in [1.165, 1.54) is 5.56 Å². The third kappa shape index (κ3) is 3.57. The molecule has 0 N–H and O–H groups in total. The molecule has 178 valence electrons. The lowest BCUT2D eigenvalue weighted by Crippen LogP contribution is -2.15. The molecule has 1 aliphatic carbocycles. The number of carbonyl (C=O) groups is 1. The first-order valence-corrected chi connectivity index (χ1v) is 12.1. The highest BCUT2D eigenvalue weighted by molar-refractivity contribution is 6.10. The van der Waals surface area contributed by atoms with Gasteiger partial charge in [0.25, 0.3) is 0 Å². The summed E-state index contributed by atoms with van der Waals surface area (Å²) in [7, 11) is 0. The molecule has 6 rings (SSSR count). The summed E-state index contributed by atoms with van der Waals surface area (Å²) in [6.45, 7) is 3.88. The summed E-state index contributed by atoms with van der Waals surface area (Å²) in [5.41, 5.74) is 6.16. The first kappa shape index (κ1) is 22.2. The zero-order chi connectivity index (χ0) is 24.8. The van der Waals surface area contributed by atoms with Gasteiger partial charge in [-0.3, -0.25) is 4.79 Å². The van der Waals surface area contributed by atoms with Crippen LogP contribution in [-0.2, 0) is 6.42 Å². The molecule has 3 aromatic carbocycles. The van der Waals surface area contributed by atoms with Gasteiger partial charge in [0, 0.05) is 16.1 Å². The number of ether oxygens (including phenoxy) is 1. The molecular formula is C30H24N2O4. The van der Waals surface area contributed by atoms with Gasteiger partial charge in [-0.25, -0.2) is 4.98 Å². The Balaban J connectivity index is 1.55. The number of fused-ring (bicyclic) bond motifs is 3. The van der Waals surface area contributed by atoms with Crippen molar-refractivity contribution in [3.63, 3.8) is 0 Å². The Morgan fingerprint density at radius 3 is 2.69 bits per heavy atom. The Morgan fingerprint density at radius 1 is 1.06 bits per heavy atom. The second-order valence-corrected chi connectivity index (χ2v) is 9.31.